The van der Waals surface area contributed by atoms with Crippen molar-refractivity contribution in [1.29, 1.82) is 0 Å². The normalized spacial score (nSPS) is 13.8. The molecule has 0 spiro atoms. The van der Waals surface area contributed by atoms with Gasteiger partial charge < -0.3 is 5.32 Å². The minimum atomic E-state index is -0.767. The minimum Gasteiger partial charge on any atom is -0.307 e. The number of carbonyl (C=O) groups excluding carboxylic acids is 1. The molecule has 1 aliphatic carbocycles. The number of nitrogens with one attached hydrogen (secondary N) is 2. The molecule has 25 heavy (non-hydrogen) atoms. The second kappa shape index (κ2) is 6.12. The Kier molecular flexibility index (Phi) is 3.79. The van der Waals surface area contributed by atoms with Gasteiger partial charge in [0.1, 0.15) is 17.5 Å². The molecule has 1 aromatic carbocycles. The first kappa shape index (κ1) is 15.5. The molecule has 2 aromatic heterocycles. The van der Waals surface area contributed by atoms with Crippen LogP contribution < -0.4 is 5.32 Å². The molecule has 0 bridgehead atoms. The lowest BCUT2D eigenvalue weighted by molar-refractivity contribution is 0.102. The van der Waals surface area contributed by atoms with Crippen LogP contribution in [0.1, 0.15) is 23.2 Å². The van der Waals surface area contributed by atoms with E-state index in [1.807, 2.05) is 0 Å². The number of rotatable bonds is 5. The van der Waals surface area contributed by atoms with E-state index in [1.165, 1.54) is 12.3 Å². The van der Waals surface area contributed by atoms with E-state index in [4.69, 9.17) is 0 Å². The second-order valence-corrected chi connectivity index (χ2v) is 6.05. The average Bonchev–Trinajstić information content (AvgIpc) is 3.08. The number of carbonyl (C=O) groups is 1. The number of H-pyrrole nitrogens is 1. The maximum absolute atomic E-state index is 14.0. The zero-order valence-electron chi connectivity index (χ0n) is 13.2. The van der Waals surface area contributed by atoms with Crippen LogP contribution in [0.25, 0.3) is 11.3 Å². The van der Waals surface area contributed by atoms with Crippen LogP contribution in [0.3, 0.4) is 0 Å². The molecule has 0 atom stereocenters. The lowest BCUT2D eigenvalue weighted by Crippen LogP contribution is -2.17. The Labute approximate surface area is 141 Å². The molecule has 1 amide bonds. The van der Waals surface area contributed by atoms with Gasteiger partial charge in [-0.25, -0.2) is 13.5 Å². The van der Waals surface area contributed by atoms with Crippen LogP contribution in [-0.2, 0) is 6.54 Å². The quantitative estimate of drug-likeness (QED) is 0.747. The monoisotopic (exact) mass is 343 g/mol. The Morgan fingerprint density at radius 2 is 2.04 bits per heavy atom. The van der Waals surface area contributed by atoms with E-state index in [0.717, 1.165) is 31.5 Å². The summed E-state index contributed by atoms with van der Waals surface area (Å²) in [7, 11) is 0. The van der Waals surface area contributed by atoms with Crippen LogP contribution in [0, 0.1) is 17.6 Å². The van der Waals surface area contributed by atoms with Crippen molar-refractivity contribution >= 4 is 11.7 Å². The van der Waals surface area contributed by atoms with E-state index >= 15 is 0 Å². The molecule has 3 aromatic rings. The van der Waals surface area contributed by atoms with Crippen molar-refractivity contribution in [2.24, 2.45) is 5.92 Å². The van der Waals surface area contributed by atoms with Crippen molar-refractivity contribution in [2.45, 2.75) is 19.4 Å². The largest absolute Gasteiger partial charge is 0.307 e. The third-order valence-electron chi connectivity index (χ3n) is 4.18. The summed E-state index contributed by atoms with van der Waals surface area (Å²) in [4.78, 5) is 12.6. The number of amides is 1. The fourth-order valence-electron chi connectivity index (χ4n) is 2.70. The van der Waals surface area contributed by atoms with Gasteiger partial charge >= 0.3 is 0 Å². The van der Waals surface area contributed by atoms with Gasteiger partial charge in [0.15, 0.2) is 0 Å². The number of halogens is 2. The number of hydrogen-bond acceptors (Lipinski definition) is 3. The molecule has 1 fully saturated rings. The van der Waals surface area contributed by atoms with Crippen LogP contribution in [0.15, 0.2) is 36.7 Å². The Balaban J connectivity index is 1.62. The number of nitrogens with zero attached hydrogens (tertiary/aromatic N) is 3. The van der Waals surface area contributed by atoms with Crippen LogP contribution in [0.2, 0.25) is 0 Å². The Morgan fingerprint density at radius 1 is 1.28 bits per heavy atom. The predicted octanol–water partition coefficient (Wildman–Crippen LogP) is 3.21. The third-order valence-corrected chi connectivity index (χ3v) is 4.18. The molecule has 4 rings (SSSR count). The molecular formula is C17H15F2N5O. The minimum absolute atomic E-state index is 0.00126. The average molecular weight is 343 g/mol. The molecule has 1 aliphatic rings. The molecule has 0 aliphatic heterocycles. The first-order valence-electron chi connectivity index (χ1n) is 7.94. The van der Waals surface area contributed by atoms with E-state index in [-0.39, 0.29) is 16.8 Å². The third kappa shape index (κ3) is 3.02. The van der Waals surface area contributed by atoms with Gasteiger partial charge in [-0.05, 0) is 30.9 Å². The molecule has 128 valence electrons. The van der Waals surface area contributed by atoms with Gasteiger partial charge in [0.25, 0.3) is 5.91 Å². The lowest BCUT2D eigenvalue weighted by atomic mass is 10.1. The highest BCUT2D eigenvalue weighted by molar-refractivity contribution is 6.07. The number of aromatic nitrogens is 4. The summed E-state index contributed by atoms with van der Waals surface area (Å²) in [6.07, 6.45) is 5.17. The fourth-order valence-corrected chi connectivity index (χ4v) is 2.70. The van der Waals surface area contributed by atoms with E-state index in [9.17, 15) is 13.6 Å². The topological polar surface area (TPSA) is 75.6 Å². The molecule has 0 radical (unpaired) electrons. The maximum atomic E-state index is 14.0. The van der Waals surface area contributed by atoms with Gasteiger partial charge in [-0.3, -0.25) is 9.89 Å². The summed E-state index contributed by atoms with van der Waals surface area (Å²) in [5.41, 5.74) is -0.249. The highest BCUT2D eigenvalue weighted by Gasteiger charge is 2.25. The molecule has 1 saturated carbocycles. The smallest absolute Gasteiger partial charge is 0.260 e. The number of hydrogen-bond donors (Lipinski definition) is 2. The summed E-state index contributed by atoms with van der Waals surface area (Å²) in [6.45, 7) is 0.739. The molecular weight excluding hydrogens is 328 g/mol. The molecule has 2 heterocycles. The summed E-state index contributed by atoms with van der Waals surface area (Å²) in [5, 5.41) is 13.2. The highest BCUT2D eigenvalue weighted by Crippen LogP contribution is 2.31. The van der Waals surface area contributed by atoms with Gasteiger partial charge in [0.05, 0.1) is 29.2 Å². The number of aromatic amines is 1. The van der Waals surface area contributed by atoms with Crippen molar-refractivity contribution in [3.8, 4) is 11.3 Å². The first-order chi connectivity index (χ1) is 12.1. The molecule has 6 nitrogen and oxygen atoms in total. The molecule has 8 heteroatoms. The van der Waals surface area contributed by atoms with Crippen LogP contribution in [0.5, 0.6) is 0 Å². The lowest BCUT2D eigenvalue weighted by Gasteiger charge is -2.09. The van der Waals surface area contributed by atoms with Crippen molar-refractivity contribution in [3.05, 3.63) is 53.9 Å². The van der Waals surface area contributed by atoms with E-state index in [0.29, 0.717) is 11.7 Å². The number of benzene rings is 1. The summed E-state index contributed by atoms with van der Waals surface area (Å²) in [6, 6.07) is 5.21. The van der Waals surface area contributed by atoms with Gasteiger partial charge in [-0.15, -0.1) is 0 Å². The molecule has 0 saturated heterocycles. The van der Waals surface area contributed by atoms with Crippen molar-refractivity contribution in [3.63, 3.8) is 0 Å². The first-order valence-corrected chi connectivity index (χ1v) is 7.94. The van der Waals surface area contributed by atoms with Gasteiger partial charge in [-0.2, -0.15) is 10.2 Å². The highest BCUT2D eigenvalue weighted by atomic mass is 19.1. The van der Waals surface area contributed by atoms with Crippen LogP contribution >= 0.6 is 0 Å². The Morgan fingerprint density at radius 3 is 2.76 bits per heavy atom. The van der Waals surface area contributed by atoms with E-state index < -0.39 is 17.5 Å². The van der Waals surface area contributed by atoms with Gasteiger partial charge in [-0.1, -0.05) is 6.07 Å². The van der Waals surface area contributed by atoms with Gasteiger partial charge in [0, 0.05) is 12.6 Å². The van der Waals surface area contributed by atoms with E-state index in [2.05, 4.69) is 20.6 Å². The predicted molar refractivity (Wildman–Crippen MR) is 86.8 cm³/mol. The van der Waals surface area contributed by atoms with Crippen LogP contribution in [-0.4, -0.2) is 25.9 Å². The SMILES string of the molecule is O=C(Nc1ccnn1CC1CC1)c1cn[nH]c1-c1c(F)cccc1F. The summed E-state index contributed by atoms with van der Waals surface area (Å²) >= 11 is 0. The molecule has 2 N–H and O–H groups in total. The van der Waals surface area contributed by atoms with Crippen molar-refractivity contribution in [1.82, 2.24) is 20.0 Å². The van der Waals surface area contributed by atoms with Crippen molar-refractivity contribution < 1.29 is 13.6 Å². The standard InChI is InChI=1S/C17H15F2N5O/c18-12-2-1-3-13(19)15(12)16-11(8-20-23-16)17(25)22-14-6-7-21-24(14)9-10-4-5-10/h1-3,6-8,10H,4-5,9H2,(H,20,23)(H,22,25). The zero-order valence-corrected chi connectivity index (χ0v) is 13.2. The summed E-state index contributed by atoms with van der Waals surface area (Å²) in [5.74, 6) is -0.913. The number of anilines is 1. The van der Waals surface area contributed by atoms with Crippen molar-refractivity contribution in [2.75, 3.05) is 5.32 Å². The van der Waals surface area contributed by atoms with Gasteiger partial charge in [0.2, 0.25) is 0 Å². The second-order valence-electron chi connectivity index (χ2n) is 6.05. The molecule has 0 unspecified atom stereocenters. The maximum Gasteiger partial charge on any atom is 0.260 e. The van der Waals surface area contributed by atoms with Crippen LogP contribution in [0.4, 0.5) is 14.6 Å². The summed E-state index contributed by atoms with van der Waals surface area (Å²) < 4.78 is 29.8. The fraction of sp³-hybridized carbons (Fsp3) is 0.235. The Bertz CT molecular complexity index is 909. The van der Waals surface area contributed by atoms with E-state index in [1.54, 1.807) is 16.9 Å². The Hall–Kier alpha value is -3.03. The zero-order chi connectivity index (χ0) is 17.4.